The van der Waals surface area contributed by atoms with E-state index in [2.05, 4.69) is 4.72 Å². The van der Waals surface area contributed by atoms with Gasteiger partial charge >= 0.3 is 5.97 Å². The molecule has 0 aliphatic rings. The van der Waals surface area contributed by atoms with Gasteiger partial charge in [0.15, 0.2) is 5.78 Å². The van der Waals surface area contributed by atoms with Gasteiger partial charge in [0.2, 0.25) is 10.0 Å². The van der Waals surface area contributed by atoms with E-state index in [4.69, 9.17) is 39.9 Å². The molecule has 0 aliphatic heterocycles. The average Bonchev–Trinajstić information content (AvgIpc) is 2.63. The molecule has 2 N–H and O–H groups in total. The van der Waals surface area contributed by atoms with Gasteiger partial charge in [0.25, 0.3) is 0 Å². The highest BCUT2D eigenvalue weighted by atomic mass is 35.5. The van der Waals surface area contributed by atoms with Crippen LogP contribution in [-0.2, 0) is 14.8 Å². The summed E-state index contributed by atoms with van der Waals surface area (Å²) in [6.07, 6.45) is 1.51. The Kier molecular flexibility index (Phi) is 8.48. The predicted octanol–water partition coefficient (Wildman–Crippen LogP) is 4.80. The van der Waals surface area contributed by atoms with Crippen molar-refractivity contribution >= 4 is 56.6 Å². The van der Waals surface area contributed by atoms with Crippen molar-refractivity contribution in [1.29, 1.82) is 0 Å². The van der Waals surface area contributed by atoms with E-state index in [0.29, 0.717) is 24.3 Å². The maximum absolute atomic E-state index is 12.9. The molecular formula is C19H18Cl3NO5S. The van der Waals surface area contributed by atoms with Gasteiger partial charge in [-0.25, -0.2) is 13.1 Å². The van der Waals surface area contributed by atoms with Gasteiger partial charge in [0.1, 0.15) is 0 Å². The van der Waals surface area contributed by atoms with E-state index >= 15 is 0 Å². The fourth-order valence-electron chi connectivity index (χ4n) is 2.59. The van der Waals surface area contributed by atoms with Crippen molar-refractivity contribution in [3.05, 3.63) is 62.6 Å². The minimum Gasteiger partial charge on any atom is -0.481 e. The summed E-state index contributed by atoms with van der Waals surface area (Å²) >= 11 is 17.9. The van der Waals surface area contributed by atoms with Gasteiger partial charge in [-0.15, -0.1) is 0 Å². The number of unbranched alkanes of at least 4 members (excludes halogenated alkanes) is 2. The van der Waals surface area contributed by atoms with Crippen LogP contribution < -0.4 is 4.72 Å². The number of carbonyl (C=O) groups is 2. The topological polar surface area (TPSA) is 101 Å². The van der Waals surface area contributed by atoms with Crippen molar-refractivity contribution in [1.82, 2.24) is 4.72 Å². The zero-order valence-electron chi connectivity index (χ0n) is 15.1. The third kappa shape index (κ3) is 6.69. The lowest BCUT2D eigenvalue weighted by molar-refractivity contribution is -0.137. The van der Waals surface area contributed by atoms with Crippen LogP contribution in [0.4, 0.5) is 0 Å². The number of nitrogens with one attached hydrogen (secondary N) is 1. The predicted molar refractivity (Wildman–Crippen MR) is 113 cm³/mol. The van der Waals surface area contributed by atoms with Crippen LogP contribution in [0.5, 0.6) is 0 Å². The number of halogens is 3. The van der Waals surface area contributed by atoms with E-state index in [1.165, 1.54) is 36.4 Å². The number of ketones is 1. The summed E-state index contributed by atoms with van der Waals surface area (Å²) in [7, 11) is -4.00. The monoisotopic (exact) mass is 477 g/mol. The largest absolute Gasteiger partial charge is 0.481 e. The first kappa shape index (κ1) is 23.6. The molecule has 0 unspecified atom stereocenters. The molecule has 0 fully saturated rings. The highest BCUT2D eigenvalue weighted by molar-refractivity contribution is 7.89. The van der Waals surface area contributed by atoms with Gasteiger partial charge in [0, 0.05) is 34.1 Å². The van der Waals surface area contributed by atoms with E-state index < -0.39 is 21.8 Å². The molecule has 2 aromatic rings. The molecule has 0 atom stereocenters. The minimum atomic E-state index is -4.00. The minimum absolute atomic E-state index is 0.0322. The molecule has 0 amide bonds. The van der Waals surface area contributed by atoms with Crippen LogP contribution in [0.1, 0.15) is 41.6 Å². The molecule has 0 aliphatic carbocycles. The Morgan fingerprint density at radius 1 is 0.897 bits per heavy atom. The lowest BCUT2D eigenvalue weighted by Crippen LogP contribution is -2.26. The van der Waals surface area contributed by atoms with E-state index in [9.17, 15) is 18.0 Å². The van der Waals surface area contributed by atoms with E-state index in [1.807, 2.05) is 0 Å². The first-order chi connectivity index (χ1) is 13.6. The summed E-state index contributed by atoms with van der Waals surface area (Å²) in [5.74, 6) is -1.49. The zero-order chi connectivity index (χ0) is 21.6. The third-order valence-corrected chi connectivity index (χ3v) is 6.31. The number of hydrogen-bond donors (Lipinski definition) is 2. The Labute approximate surface area is 183 Å². The van der Waals surface area contributed by atoms with Crippen LogP contribution in [-0.4, -0.2) is 31.8 Å². The van der Waals surface area contributed by atoms with E-state index in [1.54, 1.807) is 0 Å². The lowest BCUT2D eigenvalue weighted by atomic mass is 10.0. The number of carboxylic acids is 1. The summed E-state index contributed by atoms with van der Waals surface area (Å²) in [6.45, 7) is 0.111. The van der Waals surface area contributed by atoms with Gasteiger partial charge < -0.3 is 5.11 Å². The second kappa shape index (κ2) is 10.4. The summed E-state index contributed by atoms with van der Waals surface area (Å²) in [5, 5.41) is 9.25. The molecular weight excluding hydrogens is 461 g/mol. The Morgan fingerprint density at radius 2 is 1.55 bits per heavy atom. The number of hydrogen-bond acceptors (Lipinski definition) is 4. The first-order valence-corrected chi connectivity index (χ1v) is 11.2. The van der Waals surface area contributed by atoms with Crippen LogP contribution in [0.2, 0.25) is 15.1 Å². The van der Waals surface area contributed by atoms with Crippen molar-refractivity contribution < 1.29 is 23.1 Å². The Bertz CT molecular complexity index is 1020. The maximum atomic E-state index is 12.9. The molecule has 6 nitrogen and oxygen atoms in total. The Morgan fingerprint density at radius 3 is 2.21 bits per heavy atom. The number of carboxylic acid groups (broad SMARTS) is 1. The van der Waals surface area contributed by atoms with Crippen LogP contribution in [0.25, 0.3) is 0 Å². The van der Waals surface area contributed by atoms with Crippen molar-refractivity contribution in [2.24, 2.45) is 0 Å². The van der Waals surface area contributed by atoms with Crippen molar-refractivity contribution in [3.8, 4) is 0 Å². The number of carbonyl (C=O) groups excluding carboxylic acids is 1. The fraction of sp³-hybridized carbons (Fsp3) is 0.263. The molecule has 0 radical (unpaired) electrons. The van der Waals surface area contributed by atoms with Crippen LogP contribution in [0.15, 0.2) is 41.3 Å². The number of sulfonamides is 1. The Balaban J connectivity index is 2.22. The van der Waals surface area contributed by atoms with E-state index in [0.717, 1.165) is 0 Å². The van der Waals surface area contributed by atoms with Gasteiger partial charge in [-0.05, 0) is 49.2 Å². The van der Waals surface area contributed by atoms with Gasteiger partial charge in [-0.1, -0.05) is 41.2 Å². The highest BCUT2D eigenvalue weighted by Gasteiger charge is 2.24. The summed E-state index contributed by atoms with van der Waals surface area (Å²) in [6, 6.07) is 8.20. The summed E-state index contributed by atoms with van der Waals surface area (Å²) in [4.78, 5) is 23.2. The molecule has 29 heavy (non-hydrogen) atoms. The number of rotatable bonds is 10. The standard InChI is InChI=1S/C19H18Cl3NO5S/c20-12-6-8-17(29(27,28)23-9-3-1-2-4-18(24)25)15(10-12)19(26)14-7-5-13(21)11-16(14)22/h5-8,10-11,23H,1-4,9H2,(H,24,25). The number of benzene rings is 2. The van der Waals surface area contributed by atoms with Gasteiger partial charge in [0.05, 0.1) is 9.92 Å². The fourth-order valence-corrected chi connectivity index (χ4v) is 4.52. The highest BCUT2D eigenvalue weighted by Crippen LogP contribution is 2.28. The molecule has 0 aromatic heterocycles. The van der Waals surface area contributed by atoms with Crippen molar-refractivity contribution in [2.75, 3.05) is 6.54 Å². The molecule has 0 saturated heterocycles. The Hall–Kier alpha value is -1.64. The van der Waals surface area contributed by atoms with Crippen LogP contribution >= 0.6 is 34.8 Å². The molecule has 0 spiro atoms. The van der Waals surface area contributed by atoms with Gasteiger partial charge in [-0.2, -0.15) is 0 Å². The molecule has 2 rings (SSSR count). The van der Waals surface area contributed by atoms with Crippen molar-refractivity contribution in [2.45, 2.75) is 30.6 Å². The SMILES string of the molecule is O=C(O)CCCCCNS(=O)(=O)c1ccc(Cl)cc1C(=O)c1ccc(Cl)cc1Cl. The maximum Gasteiger partial charge on any atom is 0.303 e. The molecule has 156 valence electrons. The second-order valence-corrected chi connectivity index (χ2v) is 9.21. The molecule has 0 saturated carbocycles. The summed E-state index contributed by atoms with van der Waals surface area (Å²) in [5.41, 5.74) is -0.0106. The summed E-state index contributed by atoms with van der Waals surface area (Å²) < 4.78 is 27.9. The second-order valence-electron chi connectivity index (χ2n) is 6.20. The molecule has 0 bridgehead atoms. The molecule has 10 heteroatoms. The lowest BCUT2D eigenvalue weighted by Gasteiger charge is -2.12. The van der Waals surface area contributed by atoms with Gasteiger partial charge in [-0.3, -0.25) is 9.59 Å². The zero-order valence-corrected chi connectivity index (χ0v) is 18.2. The van der Waals surface area contributed by atoms with Crippen molar-refractivity contribution in [3.63, 3.8) is 0 Å². The smallest absolute Gasteiger partial charge is 0.303 e. The average molecular weight is 479 g/mol. The molecule has 2 aromatic carbocycles. The number of aliphatic carboxylic acids is 1. The third-order valence-electron chi connectivity index (χ3n) is 4.01. The first-order valence-electron chi connectivity index (χ1n) is 8.62. The van der Waals surface area contributed by atoms with Crippen LogP contribution in [0.3, 0.4) is 0 Å². The molecule has 0 heterocycles. The normalized spacial score (nSPS) is 11.4. The van der Waals surface area contributed by atoms with E-state index in [-0.39, 0.29) is 39.0 Å². The quantitative estimate of drug-likeness (QED) is 0.377. The van der Waals surface area contributed by atoms with Crippen LogP contribution in [0, 0.1) is 0 Å².